The summed E-state index contributed by atoms with van der Waals surface area (Å²) >= 11 is 0. The predicted molar refractivity (Wildman–Crippen MR) is 79.3 cm³/mol. The highest BCUT2D eigenvalue weighted by molar-refractivity contribution is 5.81. The molecule has 1 fully saturated rings. The Kier molecular flexibility index (Phi) is 5.15. The van der Waals surface area contributed by atoms with Gasteiger partial charge in [-0.2, -0.15) is 0 Å². The van der Waals surface area contributed by atoms with Gasteiger partial charge in [-0.3, -0.25) is 4.79 Å². The molecule has 0 spiro atoms. The van der Waals surface area contributed by atoms with E-state index < -0.39 is 6.04 Å². The summed E-state index contributed by atoms with van der Waals surface area (Å²) in [6.07, 6.45) is 1.69. The van der Waals surface area contributed by atoms with Crippen molar-refractivity contribution in [1.29, 1.82) is 0 Å². The number of nitrogens with zero attached hydrogens (tertiary/aromatic N) is 1. The van der Waals surface area contributed by atoms with Crippen LogP contribution in [0, 0.1) is 0 Å². The van der Waals surface area contributed by atoms with Crippen LogP contribution in [0.2, 0.25) is 0 Å². The molecule has 1 amide bonds. The number of nitrogens with two attached hydrogens (primary N) is 1. The molecule has 1 aromatic rings. The molecule has 0 aromatic heterocycles. The Hall–Kier alpha value is -1.39. The molecule has 1 aliphatic heterocycles. The average molecular weight is 276 g/mol. The van der Waals surface area contributed by atoms with Crippen LogP contribution in [0.4, 0.5) is 0 Å². The van der Waals surface area contributed by atoms with Crippen molar-refractivity contribution in [1.82, 2.24) is 4.90 Å². The summed E-state index contributed by atoms with van der Waals surface area (Å²) in [4.78, 5) is 14.2. The van der Waals surface area contributed by atoms with Crippen LogP contribution in [-0.4, -0.2) is 42.1 Å². The first-order valence-corrected chi connectivity index (χ1v) is 7.30. The van der Waals surface area contributed by atoms with Gasteiger partial charge in [0.2, 0.25) is 5.91 Å². The highest BCUT2D eigenvalue weighted by atomic mass is 16.5. The fraction of sp³-hybridized carbons (Fsp3) is 0.562. The second-order valence-electron chi connectivity index (χ2n) is 5.63. The van der Waals surface area contributed by atoms with Gasteiger partial charge in [-0.15, -0.1) is 0 Å². The number of hydrogen-bond donors (Lipinski definition) is 1. The van der Waals surface area contributed by atoms with Crippen molar-refractivity contribution in [2.45, 2.75) is 44.9 Å². The SMILES string of the molecule is C[C@@H]1CN(C(=O)[C@@H](N)CCc2ccccc2)C[C@H](C)O1. The Morgan fingerprint density at radius 3 is 2.50 bits per heavy atom. The second-order valence-corrected chi connectivity index (χ2v) is 5.63. The molecule has 1 aromatic carbocycles. The van der Waals surface area contributed by atoms with E-state index in [2.05, 4.69) is 12.1 Å². The van der Waals surface area contributed by atoms with Crippen molar-refractivity contribution in [3.63, 3.8) is 0 Å². The van der Waals surface area contributed by atoms with Gasteiger partial charge in [-0.05, 0) is 32.3 Å². The van der Waals surface area contributed by atoms with Gasteiger partial charge in [-0.25, -0.2) is 0 Å². The maximum atomic E-state index is 12.4. The number of carbonyl (C=O) groups excluding carboxylic acids is 1. The van der Waals surface area contributed by atoms with Crippen LogP contribution in [-0.2, 0) is 16.0 Å². The van der Waals surface area contributed by atoms with Gasteiger partial charge in [0.1, 0.15) is 0 Å². The summed E-state index contributed by atoms with van der Waals surface area (Å²) in [5.74, 6) is 0.0444. The van der Waals surface area contributed by atoms with Crippen molar-refractivity contribution in [2.75, 3.05) is 13.1 Å². The van der Waals surface area contributed by atoms with Crippen molar-refractivity contribution >= 4 is 5.91 Å². The zero-order chi connectivity index (χ0) is 14.5. The third kappa shape index (κ3) is 4.05. The zero-order valence-corrected chi connectivity index (χ0v) is 12.3. The highest BCUT2D eigenvalue weighted by Gasteiger charge is 2.28. The van der Waals surface area contributed by atoms with Gasteiger partial charge in [0.15, 0.2) is 0 Å². The Bertz CT molecular complexity index is 425. The topological polar surface area (TPSA) is 55.6 Å². The van der Waals surface area contributed by atoms with Gasteiger partial charge in [0, 0.05) is 13.1 Å². The van der Waals surface area contributed by atoms with Crippen molar-refractivity contribution in [2.24, 2.45) is 5.73 Å². The summed E-state index contributed by atoms with van der Waals surface area (Å²) in [5, 5.41) is 0. The Morgan fingerprint density at radius 1 is 1.30 bits per heavy atom. The van der Waals surface area contributed by atoms with Crippen LogP contribution >= 0.6 is 0 Å². The van der Waals surface area contributed by atoms with Gasteiger partial charge >= 0.3 is 0 Å². The van der Waals surface area contributed by atoms with Crippen LogP contribution in [0.1, 0.15) is 25.8 Å². The number of carbonyl (C=O) groups is 1. The molecule has 0 aliphatic carbocycles. The molecule has 4 heteroatoms. The van der Waals surface area contributed by atoms with Crippen LogP contribution in [0.15, 0.2) is 30.3 Å². The number of morpholine rings is 1. The lowest BCUT2D eigenvalue weighted by atomic mass is 10.0. The standard InChI is InChI=1S/C16H24N2O2/c1-12-10-18(11-13(2)20-12)16(19)15(17)9-8-14-6-4-3-5-7-14/h3-7,12-13,15H,8-11,17H2,1-2H3/t12-,13+,15-/m0/s1. The molecule has 0 unspecified atom stereocenters. The molecule has 0 bridgehead atoms. The summed E-state index contributed by atoms with van der Waals surface area (Å²) in [5.41, 5.74) is 7.28. The van der Waals surface area contributed by atoms with Crippen LogP contribution in [0.5, 0.6) is 0 Å². The molecular formula is C16H24N2O2. The quantitative estimate of drug-likeness (QED) is 0.908. The van der Waals surface area contributed by atoms with E-state index in [4.69, 9.17) is 10.5 Å². The highest BCUT2D eigenvalue weighted by Crippen LogP contribution is 2.13. The molecule has 1 saturated heterocycles. The first kappa shape index (κ1) is 15.0. The van der Waals surface area contributed by atoms with Gasteiger partial charge in [0.25, 0.3) is 0 Å². The summed E-state index contributed by atoms with van der Waals surface area (Å²) in [7, 11) is 0. The third-order valence-electron chi connectivity index (χ3n) is 3.64. The molecule has 20 heavy (non-hydrogen) atoms. The molecule has 2 rings (SSSR count). The molecule has 1 heterocycles. The van der Waals surface area contributed by atoms with Crippen molar-refractivity contribution < 1.29 is 9.53 Å². The number of amides is 1. The Balaban J connectivity index is 1.85. The lowest BCUT2D eigenvalue weighted by Crippen LogP contribution is -2.53. The van der Waals surface area contributed by atoms with Gasteiger partial charge in [-0.1, -0.05) is 30.3 Å². The lowest BCUT2D eigenvalue weighted by molar-refractivity contribution is -0.144. The average Bonchev–Trinajstić information content (AvgIpc) is 2.44. The van der Waals surface area contributed by atoms with Crippen molar-refractivity contribution in [3.8, 4) is 0 Å². The number of ether oxygens (including phenoxy) is 1. The fourth-order valence-electron chi connectivity index (χ4n) is 2.68. The van der Waals surface area contributed by atoms with Crippen molar-refractivity contribution in [3.05, 3.63) is 35.9 Å². The summed E-state index contributed by atoms with van der Waals surface area (Å²) < 4.78 is 5.64. The summed E-state index contributed by atoms with van der Waals surface area (Å²) in [6, 6.07) is 9.71. The molecule has 110 valence electrons. The second kappa shape index (κ2) is 6.86. The monoisotopic (exact) mass is 276 g/mol. The van der Waals surface area contributed by atoms with E-state index >= 15 is 0 Å². The van der Waals surface area contributed by atoms with E-state index in [1.165, 1.54) is 5.56 Å². The van der Waals surface area contributed by atoms with Gasteiger partial charge in [0.05, 0.1) is 18.2 Å². The Labute approximate surface area is 120 Å². The van der Waals surface area contributed by atoms with E-state index in [0.29, 0.717) is 19.5 Å². The van der Waals surface area contributed by atoms with E-state index in [9.17, 15) is 4.79 Å². The smallest absolute Gasteiger partial charge is 0.239 e. The third-order valence-corrected chi connectivity index (χ3v) is 3.64. The molecular weight excluding hydrogens is 252 g/mol. The van der Waals surface area contributed by atoms with Crippen LogP contribution in [0.3, 0.4) is 0 Å². The minimum absolute atomic E-state index is 0.0444. The van der Waals surface area contributed by atoms with Gasteiger partial charge < -0.3 is 15.4 Å². The number of hydrogen-bond acceptors (Lipinski definition) is 3. The normalized spacial score (nSPS) is 24.4. The molecule has 0 saturated carbocycles. The lowest BCUT2D eigenvalue weighted by Gasteiger charge is -2.36. The van der Waals surface area contributed by atoms with Crippen LogP contribution in [0.25, 0.3) is 0 Å². The maximum Gasteiger partial charge on any atom is 0.239 e. The maximum absolute atomic E-state index is 12.4. The first-order valence-electron chi connectivity index (χ1n) is 7.30. The molecule has 1 aliphatic rings. The minimum Gasteiger partial charge on any atom is -0.372 e. The first-order chi connectivity index (χ1) is 9.56. The summed E-state index contributed by atoms with van der Waals surface area (Å²) in [6.45, 7) is 5.27. The molecule has 3 atom stereocenters. The number of benzene rings is 1. The number of rotatable bonds is 4. The Morgan fingerprint density at radius 2 is 1.90 bits per heavy atom. The molecule has 4 nitrogen and oxygen atoms in total. The van der Waals surface area contributed by atoms with E-state index in [-0.39, 0.29) is 18.1 Å². The van der Waals surface area contributed by atoms with E-state index in [1.807, 2.05) is 36.9 Å². The predicted octanol–water partition coefficient (Wildman–Crippen LogP) is 1.58. The number of aryl methyl sites for hydroxylation is 1. The molecule has 0 radical (unpaired) electrons. The van der Waals surface area contributed by atoms with E-state index in [1.54, 1.807) is 0 Å². The molecule has 2 N–H and O–H groups in total. The fourth-order valence-corrected chi connectivity index (χ4v) is 2.68. The van der Waals surface area contributed by atoms with Crippen LogP contribution < -0.4 is 5.73 Å². The zero-order valence-electron chi connectivity index (χ0n) is 12.3. The minimum atomic E-state index is -0.423. The largest absolute Gasteiger partial charge is 0.372 e. The van der Waals surface area contributed by atoms with E-state index in [0.717, 1.165) is 6.42 Å².